The molecule has 1 amide bonds. The van der Waals surface area contributed by atoms with Gasteiger partial charge in [-0.2, -0.15) is 13.2 Å². The highest BCUT2D eigenvalue weighted by Crippen LogP contribution is 2.33. The van der Waals surface area contributed by atoms with Crippen molar-refractivity contribution in [2.45, 2.75) is 32.6 Å². The number of nitrogens with zero attached hydrogens (tertiary/aromatic N) is 3. The molecule has 0 saturated heterocycles. The first kappa shape index (κ1) is 19.6. The number of fused-ring (bicyclic) bond motifs is 1. The topological polar surface area (TPSA) is 92.6 Å². The Kier molecular flexibility index (Phi) is 4.97. The van der Waals surface area contributed by atoms with Crippen molar-refractivity contribution in [1.82, 2.24) is 14.9 Å². The average molecular weight is 395 g/mol. The molecule has 1 unspecified atom stereocenters. The third-order valence-corrected chi connectivity index (χ3v) is 4.45. The summed E-state index contributed by atoms with van der Waals surface area (Å²) in [5.74, 6) is -1.70. The van der Waals surface area contributed by atoms with E-state index in [0.29, 0.717) is 16.7 Å². The molecule has 0 saturated carbocycles. The zero-order valence-electron chi connectivity index (χ0n) is 14.9. The van der Waals surface area contributed by atoms with E-state index >= 15 is 0 Å². The van der Waals surface area contributed by atoms with Gasteiger partial charge in [-0.1, -0.05) is 0 Å². The minimum atomic E-state index is -4.47. The maximum absolute atomic E-state index is 12.7. The molecule has 0 bridgehead atoms. The van der Waals surface area contributed by atoms with E-state index in [0.717, 1.165) is 0 Å². The summed E-state index contributed by atoms with van der Waals surface area (Å²) >= 11 is 0. The van der Waals surface area contributed by atoms with Gasteiger partial charge < -0.3 is 14.7 Å². The number of hydrogen-bond acceptors (Lipinski definition) is 5. The van der Waals surface area contributed by atoms with Crippen LogP contribution < -0.4 is 4.74 Å². The van der Waals surface area contributed by atoms with Crippen molar-refractivity contribution in [3.63, 3.8) is 0 Å². The third kappa shape index (κ3) is 3.75. The number of carboxylic acid groups (broad SMARTS) is 1. The molecular weight excluding hydrogens is 379 g/mol. The molecule has 2 aromatic rings. The molecule has 0 aliphatic carbocycles. The highest BCUT2D eigenvalue weighted by Gasteiger charge is 2.35. The second-order valence-electron chi connectivity index (χ2n) is 6.39. The number of amides is 1. The maximum atomic E-state index is 12.7. The number of aryl methyl sites for hydroxylation is 1. The van der Waals surface area contributed by atoms with Gasteiger partial charge in [-0.15, -0.1) is 0 Å². The van der Waals surface area contributed by atoms with Crippen LogP contribution in [0.2, 0.25) is 0 Å². The quantitative estimate of drug-likeness (QED) is 0.836. The first-order valence-electron chi connectivity index (χ1n) is 8.26. The molecule has 0 radical (unpaired) electrons. The predicted octanol–water partition coefficient (Wildman–Crippen LogP) is 3.14. The maximum Gasteiger partial charge on any atom is 0.422 e. The van der Waals surface area contributed by atoms with Gasteiger partial charge in [-0.3, -0.25) is 4.79 Å². The number of pyridine rings is 2. The van der Waals surface area contributed by atoms with E-state index in [1.807, 2.05) is 0 Å². The molecule has 7 nitrogen and oxygen atoms in total. The lowest BCUT2D eigenvalue weighted by Crippen LogP contribution is -2.27. The summed E-state index contributed by atoms with van der Waals surface area (Å²) in [5, 5.41) is 9.26. The molecule has 28 heavy (non-hydrogen) atoms. The summed E-state index contributed by atoms with van der Waals surface area (Å²) in [5.41, 5.74) is 1.41. The van der Waals surface area contributed by atoms with Crippen LogP contribution in [0.3, 0.4) is 0 Å². The van der Waals surface area contributed by atoms with Gasteiger partial charge in [0, 0.05) is 35.6 Å². The van der Waals surface area contributed by atoms with Crippen LogP contribution >= 0.6 is 0 Å². The summed E-state index contributed by atoms with van der Waals surface area (Å²) in [6.45, 7) is 1.91. The molecule has 0 fully saturated rings. The highest BCUT2D eigenvalue weighted by molar-refractivity contribution is 6.01. The number of ether oxygens (including phenoxy) is 1. The number of alkyl halides is 3. The van der Waals surface area contributed by atoms with Crippen LogP contribution in [0.1, 0.15) is 50.5 Å². The zero-order valence-corrected chi connectivity index (χ0v) is 14.9. The summed E-state index contributed by atoms with van der Waals surface area (Å²) in [6.07, 6.45) is -1.85. The number of rotatable bonds is 5. The van der Waals surface area contributed by atoms with Crippen molar-refractivity contribution in [3.8, 4) is 5.88 Å². The lowest BCUT2D eigenvalue weighted by molar-refractivity contribution is -0.154. The number of halogens is 3. The van der Waals surface area contributed by atoms with Crippen molar-refractivity contribution in [3.05, 3.63) is 52.5 Å². The third-order valence-electron chi connectivity index (χ3n) is 4.45. The lowest BCUT2D eigenvalue weighted by atomic mass is 10.1. The Morgan fingerprint density at radius 3 is 2.71 bits per heavy atom. The Morgan fingerprint density at radius 1 is 1.39 bits per heavy atom. The summed E-state index contributed by atoms with van der Waals surface area (Å²) in [7, 11) is 0. The molecule has 1 aliphatic rings. The van der Waals surface area contributed by atoms with E-state index in [9.17, 15) is 27.9 Å². The number of aromatic nitrogens is 2. The van der Waals surface area contributed by atoms with E-state index in [-0.39, 0.29) is 29.6 Å². The summed E-state index contributed by atoms with van der Waals surface area (Å²) in [6, 6.07) is 2.58. The second-order valence-corrected chi connectivity index (χ2v) is 6.39. The smallest absolute Gasteiger partial charge is 0.422 e. The van der Waals surface area contributed by atoms with Gasteiger partial charge in [-0.25, -0.2) is 14.8 Å². The molecule has 1 N–H and O–H groups in total. The number of aromatic carboxylic acids is 1. The fourth-order valence-corrected chi connectivity index (χ4v) is 3.04. The van der Waals surface area contributed by atoms with Crippen LogP contribution in [-0.4, -0.2) is 44.6 Å². The first-order chi connectivity index (χ1) is 13.1. The predicted molar refractivity (Wildman–Crippen MR) is 90.0 cm³/mol. The van der Waals surface area contributed by atoms with E-state index < -0.39 is 24.8 Å². The van der Waals surface area contributed by atoms with Gasteiger partial charge in [0.25, 0.3) is 5.91 Å². The molecule has 10 heteroatoms. The van der Waals surface area contributed by atoms with Gasteiger partial charge >= 0.3 is 12.1 Å². The van der Waals surface area contributed by atoms with Gasteiger partial charge in [0.15, 0.2) is 12.3 Å². The zero-order chi connectivity index (χ0) is 20.6. The Labute approximate surface area is 157 Å². The monoisotopic (exact) mass is 395 g/mol. The fraction of sp³-hybridized carbons (Fsp3) is 0.333. The van der Waals surface area contributed by atoms with Gasteiger partial charge in [-0.05, 0) is 31.5 Å². The number of carboxylic acids is 1. The van der Waals surface area contributed by atoms with Crippen molar-refractivity contribution in [1.29, 1.82) is 0 Å². The van der Waals surface area contributed by atoms with Gasteiger partial charge in [0.05, 0.1) is 6.04 Å². The van der Waals surface area contributed by atoms with Gasteiger partial charge in [0.2, 0.25) is 5.88 Å². The van der Waals surface area contributed by atoms with Crippen LogP contribution in [0.5, 0.6) is 5.88 Å². The number of carbonyl (C=O) groups is 2. The fourth-order valence-electron chi connectivity index (χ4n) is 3.04. The Balaban J connectivity index is 1.82. The van der Waals surface area contributed by atoms with E-state index in [4.69, 9.17) is 0 Å². The SMILES string of the molecule is Cc1cc(C(C)N2Cc3c(ccnc3C(=O)O)C2=O)cnc1OCC(F)(F)F. The highest BCUT2D eigenvalue weighted by atomic mass is 19.4. The van der Waals surface area contributed by atoms with E-state index in [1.54, 1.807) is 19.9 Å². The second kappa shape index (κ2) is 7.10. The molecule has 1 aliphatic heterocycles. The molecule has 3 rings (SSSR count). The number of hydrogen-bond donors (Lipinski definition) is 1. The lowest BCUT2D eigenvalue weighted by Gasteiger charge is -2.25. The van der Waals surface area contributed by atoms with E-state index in [2.05, 4.69) is 14.7 Å². The van der Waals surface area contributed by atoms with E-state index in [1.165, 1.54) is 23.4 Å². The molecule has 3 heterocycles. The van der Waals surface area contributed by atoms with Crippen LogP contribution in [0.4, 0.5) is 13.2 Å². The first-order valence-corrected chi connectivity index (χ1v) is 8.26. The molecule has 0 aromatic carbocycles. The van der Waals surface area contributed by atoms with Crippen LogP contribution in [0.15, 0.2) is 24.5 Å². The van der Waals surface area contributed by atoms with Crippen LogP contribution in [0.25, 0.3) is 0 Å². The Bertz CT molecular complexity index is 946. The molecular formula is C18H16F3N3O4. The summed E-state index contributed by atoms with van der Waals surface area (Å²) in [4.78, 5) is 33.2. The van der Waals surface area contributed by atoms with Crippen LogP contribution in [0, 0.1) is 6.92 Å². The van der Waals surface area contributed by atoms with Gasteiger partial charge in [0.1, 0.15) is 0 Å². The average Bonchev–Trinajstić information content (AvgIpc) is 2.96. The summed E-state index contributed by atoms with van der Waals surface area (Å²) < 4.78 is 41.6. The normalized spacial score (nSPS) is 14.8. The minimum Gasteiger partial charge on any atom is -0.477 e. The Morgan fingerprint density at radius 2 is 2.11 bits per heavy atom. The van der Waals surface area contributed by atoms with Crippen molar-refractivity contribution in [2.75, 3.05) is 6.61 Å². The van der Waals surface area contributed by atoms with Crippen molar-refractivity contribution >= 4 is 11.9 Å². The molecule has 148 valence electrons. The standard InChI is InChI=1S/C18H16F3N3O4/c1-9-5-11(6-23-15(9)28-8-18(19,20)21)10(2)24-7-13-12(16(24)25)3-4-22-14(13)17(26)27/h3-6,10H,7-8H2,1-2H3,(H,26,27). The number of carbonyl (C=O) groups excluding carboxylic acids is 1. The van der Waals surface area contributed by atoms with Crippen molar-refractivity contribution in [2.24, 2.45) is 0 Å². The molecule has 1 atom stereocenters. The van der Waals surface area contributed by atoms with Crippen LogP contribution in [-0.2, 0) is 6.54 Å². The minimum absolute atomic E-state index is 0.0657. The Hall–Kier alpha value is -3.17. The largest absolute Gasteiger partial charge is 0.477 e. The molecule has 0 spiro atoms. The molecule has 2 aromatic heterocycles. The van der Waals surface area contributed by atoms with Crippen molar-refractivity contribution < 1.29 is 32.6 Å².